The monoisotopic (exact) mass is 376 g/mol. The molecule has 0 radical (unpaired) electrons. The van der Waals surface area contributed by atoms with Crippen LogP contribution in [0.2, 0.25) is 0 Å². The summed E-state index contributed by atoms with van der Waals surface area (Å²) in [7, 11) is 3.39. The maximum absolute atomic E-state index is 12.7. The molecule has 3 amide bonds. The summed E-state index contributed by atoms with van der Waals surface area (Å²) in [5, 5.41) is 11.3. The van der Waals surface area contributed by atoms with E-state index in [1.807, 2.05) is 9.58 Å². The summed E-state index contributed by atoms with van der Waals surface area (Å²) in [6, 6.07) is -0.164. The lowest BCUT2D eigenvalue weighted by Crippen LogP contribution is -2.57. The lowest BCUT2D eigenvalue weighted by Gasteiger charge is -2.46. The molecule has 2 fully saturated rings. The van der Waals surface area contributed by atoms with Crippen molar-refractivity contribution in [3.8, 4) is 0 Å². The lowest BCUT2D eigenvalue weighted by molar-refractivity contribution is -0.158. The molecule has 9 heteroatoms. The predicted molar refractivity (Wildman–Crippen MR) is 96.6 cm³/mol. The van der Waals surface area contributed by atoms with Crippen LogP contribution >= 0.6 is 0 Å². The number of piperidine rings is 1. The smallest absolute Gasteiger partial charge is 0.317 e. The topological polar surface area (TPSA) is 92.6 Å². The molecule has 1 saturated heterocycles. The molecule has 27 heavy (non-hydrogen) atoms. The van der Waals surface area contributed by atoms with Gasteiger partial charge in [-0.25, -0.2) is 9.48 Å². The molecule has 3 aliphatic rings. The zero-order valence-electron chi connectivity index (χ0n) is 16.1. The van der Waals surface area contributed by atoms with Gasteiger partial charge in [-0.3, -0.25) is 4.79 Å². The largest absolute Gasteiger partial charge is 0.365 e. The maximum atomic E-state index is 12.7. The number of fused-ring (bicyclic) bond motifs is 1. The van der Waals surface area contributed by atoms with Gasteiger partial charge in [0.2, 0.25) is 5.91 Å². The van der Waals surface area contributed by atoms with Gasteiger partial charge in [-0.1, -0.05) is 11.6 Å². The fourth-order valence-corrected chi connectivity index (χ4v) is 4.09. The van der Waals surface area contributed by atoms with Gasteiger partial charge in [0.05, 0.1) is 31.9 Å². The summed E-state index contributed by atoms with van der Waals surface area (Å²) < 4.78 is 8.17. The molecule has 1 aliphatic carbocycles. The minimum absolute atomic E-state index is 0.164. The predicted octanol–water partition coefficient (Wildman–Crippen LogP) is 0.741. The summed E-state index contributed by atoms with van der Waals surface area (Å²) in [4.78, 5) is 27.9. The Balaban J connectivity index is 1.42. The number of likely N-dealkylation sites (tertiary alicyclic amines) is 1. The van der Waals surface area contributed by atoms with E-state index in [9.17, 15) is 9.59 Å². The number of nitrogens with zero attached hydrogens (tertiary/aromatic N) is 5. The average Bonchev–Trinajstić information content (AvgIpc) is 2.99. The van der Waals surface area contributed by atoms with E-state index in [2.05, 4.69) is 15.6 Å². The van der Waals surface area contributed by atoms with E-state index >= 15 is 0 Å². The summed E-state index contributed by atoms with van der Waals surface area (Å²) in [5.41, 5.74) is 1.27. The number of rotatable bonds is 3. The van der Waals surface area contributed by atoms with Gasteiger partial charge >= 0.3 is 6.03 Å². The molecule has 0 bridgehead atoms. The summed E-state index contributed by atoms with van der Waals surface area (Å²) >= 11 is 0. The third-order valence-corrected chi connectivity index (χ3v) is 5.99. The second-order valence-corrected chi connectivity index (χ2v) is 8.16. The van der Waals surface area contributed by atoms with Gasteiger partial charge in [0.25, 0.3) is 0 Å². The van der Waals surface area contributed by atoms with Crippen molar-refractivity contribution in [2.45, 2.75) is 57.4 Å². The Morgan fingerprint density at radius 3 is 2.81 bits per heavy atom. The highest BCUT2D eigenvalue weighted by molar-refractivity contribution is 5.79. The van der Waals surface area contributed by atoms with Gasteiger partial charge in [0.1, 0.15) is 11.3 Å². The highest BCUT2D eigenvalue weighted by Gasteiger charge is 2.43. The Morgan fingerprint density at radius 1 is 1.30 bits per heavy atom. The van der Waals surface area contributed by atoms with Crippen molar-refractivity contribution in [2.24, 2.45) is 5.92 Å². The molecule has 148 valence electrons. The molecule has 1 atom stereocenters. The van der Waals surface area contributed by atoms with Crippen LogP contribution in [0.15, 0.2) is 0 Å². The van der Waals surface area contributed by atoms with E-state index in [0.717, 1.165) is 43.6 Å². The molecule has 1 N–H and O–H groups in total. The molecule has 1 aromatic heterocycles. The maximum Gasteiger partial charge on any atom is 0.317 e. The van der Waals surface area contributed by atoms with Gasteiger partial charge in [-0.2, -0.15) is 0 Å². The second kappa shape index (κ2) is 7.10. The molecule has 2 aliphatic heterocycles. The average molecular weight is 376 g/mol. The molecule has 3 heterocycles. The molecule has 0 aromatic carbocycles. The highest BCUT2D eigenvalue weighted by atomic mass is 16.5. The number of carbonyl (C=O) groups is 2. The first-order valence-corrected chi connectivity index (χ1v) is 9.77. The van der Waals surface area contributed by atoms with Crippen molar-refractivity contribution in [2.75, 3.05) is 27.2 Å². The molecular weight excluding hydrogens is 348 g/mol. The van der Waals surface area contributed by atoms with Gasteiger partial charge in [0, 0.05) is 26.6 Å². The summed E-state index contributed by atoms with van der Waals surface area (Å²) in [6.45, 7) is 2.80. The fourth-order valence-electron chi connectivity index (χ4n) is 4.09. The van der Waals surface area contributed by atoms with E-state index in [0.29, 0.717) is 32.1 Å². The van der Waals surface area contributed by atoms with Crippen molar-refractivity contribution >= 4 is 11.9 Å². The van der Waals surface area contributed by atoms with Crippen molar-refractivity contribution in [1.29, 1.82) is 0 Å². The second-order valence-electron chi connectivity index (χ2n) is 8.16. The fraction of sp³-hybridized carbons (Fsp3) is 0.778. The van der Waals surface area contributed by atoms with Crippen molar-refractivity contribution in [3.63, 3.8) is 0 Å². The zero-order valence-corrected chi connectivity index (χ0v) is 16.1. The molecule has 1 aromatic rings. The van der Waals surface area contributed by atoms with Gasteiger partial charge in [-0.15, -0.1) is 5.10 Å². The lowest BCUT2D eigenvalue weighted by atomic mass is 9.83. The molecular formula is C18H28N6O3. The number of hydrogen-bond acceptors (Lipinski definition) is 5. The molecule has 9 nitrogen and oxygen atoms in total. The number of carbonyl (C=O) groups excluding carboxylic acids is 2. The summed E-state index contributed by atoms with van der Waals surface area (Å²) in [6.07, 6.45) is 5.10. The third kappa shape index (κ3) is 3.52. The number of ether oxygens (including phenoxy) is 1. The zero-order chi connectivity index (χ0) is 19.0. The number of hydrogen-bond donors (Lipinski definition) is 1. The van der Waals surface area contributed by atoms with Crippen LogP contribution in [-0.2, 0) is 29.2 Å². The van der Waals surface area contributed by atoms with Crippen LogP contribution in [0.4, 0.5) is 4.79 Å². The van der Waals surface area contributed by atoms with E-state index in [1.165, 1.54) is 11.3 Å². The van der Waals surface area contributed by atoms with Gasteiger partial charge in [-0.05, 0) is 25.7 Å². The first-order valence-electron chi connectivity index (χ1n) is 9.77. The molecule has 1 spiro atoms. The van der Waals surface area contributed by atoms with E-state index in [1.54, 1.807) is 14.1 Å². The van der Waals surface area contributed by atoms with E-state index in [4.69, 9.17) is 4.74 Å². The Hall–Kier alpha value is -2.16. The van der Waals surface area contributed by atoms with Crippen LogP contribution in [0.25, 0.3) is 0 Å². The SMILES string of the molecule is CN(C)C(=O)NCc1nnn2c1COC1(CCCN(C(=O)C3CCC3)C1)C2. The first kappa shape index (κ1) is 18.2. The Labute approximate surface area is 159 Å². The minimum Gasteiger partial charge on any atom is -0.365 e. The van der Waals surface area contributed by atoms with E-state index < -0.39 is 0 Å². The van der Waals surface area contributed by atoms with Crippen LogP contribution in [0.5, 0.6) is 0 Å². The van der Waals surface area contributed by atoms with Crippen LogP contribution in [0.1, 0.15) is 43.5 Å². The van der Waals surface area contributed by atoms with Crippen LogP contribution < -0.4 is 5.32 Å². The van der Waals surface area contributed by atoms with Crippen molar-refractivity contribution in [1.82, 2.24) is 30.1 Å². The molecule has 1 saturated carbocycles. The van der Waals surface area contributed by atoms with Gasteiger partial charge < -0.3 is 19.9 Å². The third-order valence-electron chi connectivity index (χ3n) is 5.99. The standard InChI is InChI=1S/C18H28N6O3/c1-22(2)17(26)19-9-14-15-10-27-18(12-24(15)21-20-14)7-4-8-23(11-18)16(25)13-5-3-6-13/h13H,3-12H2,1-2H3,(H,19,26). The Kier molecular flexibility index (Phi) is 4.79. The first-order chi connectivity index (χ1) is 13.0. The Bertz CT molecular complexity index is 729. The van der Waals surface area contributed by atoms with Crippen LogP contribution in [0, 0.1) is 5.92 Å². The normalized spacial score (nSPS) is 25.0. The Morgan fingerprint density at radius 2 is 2.11 bits per heavy atom. The molecule has 1 unspecified atom stereocenters. The number of urea groups is 1. The van der Waals surface area contributed by atoms with Gasteiger partial charge in [0.15, 0.2) is 0 Å². The van der Waals surface area contributed by atoms with Crippen molar-refractivity contribution in [3.05, 3.63) is 11.4 Å². The number of nitrogens with one attached hydrogen (secondary N) is 1. The van der Waals surface area contributed by atoms with Crippen molar-refractivity contribution < 1.29 is 14.3 Å². The number of aromatic nitrogens is 3. The summed E-state index contributed by atoms with van der Waals surface area (Å²) in [5.74, 6) is 0.512. The quantitative estimate of drug-likeness (QED) is 0.840. The van der Waals surface area contributed by atoms with Crippen LogP contribution in [0.3, 0.4) is 0 Å². The molecule has 4 rings (SSSR count). The minimum atomic E-state index is -0.373. The van der Waals surface area contributed by atoms with E-state index in [-0.39, 0.29) is 17.6 Å². The van der Waals surface area contributed by atoms with Crippen LogP contribution in [-0.4, -0.2) is 69.5 Å². The number of amides is 3. The highest BCUT2D eigenvalue weighted by Crippen LogP contribution is 2.35.